The molecule has 0 radical (unpaired) electrons. The molecule has 3 rings (SSSR count). The van der Waals surface area contributed by atoms with E-state index >= 15 is 0 Å². The van der Waals surface area contributed by atoms with Crippen molar-refractivity contribution in [2.75, 3.05) is 6.61 Å². The molecule has 0 spiro atoms. The molecule has 24 heavy (non-hydrogen) atoms. The van der Waals surface area contributed by atoms with Crippen LogP contribution in [0.1, 0.15) is 12.5 Å². The second-order valence-corrected chi connectivity index (χ2v) is 6.50. The van der Waals surface area contributed by atoms with E-state index in [1.54, 1.807) is 11.8 Å². The maximum Gasteiger partial charge on any atom is 0.119 e. The standard InChI is InChI=1S/C19H17ClN2OS/c1-2-23-16-9-7-14(8-10-16)18-11-12-19(22-21-18)24-13-15-5-3-4-6-17(15)20/h3-12H,2,13H2,1H3. The summed E-state index contributed by atoms with van der Waals surface area (Å²) in [5.74, 6) is 1.64. The van der Waals surface area contributed by atoms with Gasteiger partial charge in [-0.05, 0) is 55.0 Å². The van der Waals surface area contributed by atoms with Gasteiger partial charge in [-0.3, -0.25) is 0 Å². The number of thioether (sulfide) groups is 1. The van der Waals surface area contributed by atoms with Crippen molar-refractivity contribution < 1.29 is 4.74 Å². The summed E-state index contributed by atoms with van der Waals surface area (Å²) in [6, 6.07) is 19.7. The maximum absolute atomic E-state index is 6.17. The van der Waals surface area contributed by atoms with Gasteiger partial charge in [-0.1, -0.05) is 41.6 Å². The molecule has 0 aliphatic carbocycles. The Bertz CT molecular complexity index is 791. The lowest BCUT2D eigenvalue weighted by atomic mass is 10.1. The van der Waals surface area contributed by atoms with Crippen molar-refractivity contribution in [1.82, 2.24) is 10.2 Å². The molecule has 2 aromatic carbocycles. The average molecular weight is 357 g/mol. The first-order chi connectivity index (χ1) is 11.8. The molecule has 1 aromatic heterocycles. The maximum atomic E-state index is 6.17. The average Bonchev–Trinajstić information content (AvgIpc) is 2.63. The van der Waals surface area contributed by atoms with Gasteiger partial charge in [0.25, 0.3) is 0 Å². The van der Waals surface area contributed by atoms with Crippen LogP contribution >= 0.6 is 23.4 Å². The number of nitrogens with zero attached hydrogens (tertiary/aromatic N) is 2. The Labute approximate surface area is 151 Å². The Hall–Kier alpha value is -2.04. The van der Waals surface area contributed by atoms with Gasteiger partial charge in [0, 0.05) is 16.3 Å². The van der Waals surface area contributed by atoms with Gasteiger partial charge in [0.1, 0.15) is 10.8 Å². The van der Waals surface area contributed by atoms with Gasteiger partial charge in [-0.2, -0.15) is 0 Å². The summed E-state index contributed by atoms with van der Waals surface area (Å²) in [5.41, 5.74) is 2.97. The summed E-state index contributed by atoms with van der Waals surface area (Å²) in [7, 11) is 0. The van der Waals surface area contributed by atoms with Crippen molar-refractivity contribution in [2.24, 2.45) is 0 Å². The van der Waals surface area contributed by atoms with Gasteiger partial charge < -0.3 is 4.74 Å². The van der Waals surface area contributed by atoms with Crippen molar-refractivity contribution in [3.63, 3.8) is 0 Å². The van der Waals surface area contributed by atoms with Crippen LogP contribution in [0.25, 0.3) is 11.3 Å². The normalized spacial score (nSPS) is 10.6. The van der Waals surface area contributed by atoms with Gasteiger partial charge in [0.15, 0.2) is 0 Å². The summed E-state index contributed by atoms with van der Waals surface area (Å²) in [6.07, 6.45) is 0. The van der Waals surface area contributed by atoms with Crippen molar-refractivity contribution in [1.29, 1.82) is 0 Å². The van der Waals surface area contributed by atoms with Crippen LogP contribution < -0.4 is 4.74 Å². The molecule has 0 aliphatic rings. The second kappa shape index (κ2) is 8.18. The first kappa shape index (κ1) is 16.8. The van der Waals surface area contributed by atoms with Crippen LogP contribution in [0.4, 0.5) is 0 Å². The first-order valence-corrected chi connectivity index (χ1v) is 9.06. The third-order valence-electron chi connectivity index (χ3n) is 3.43. The summed E-state index contributed by atoms with van der Waals surface area (Å²) < 4.78 is 5.45. The number of hydrogen-bond donors (Lipinski definition) is 0. The fourth-order valence-corrected chi connectivity index (χ4v) is 3.31. The lowest BCUT2D eigenvalue weighted by Gasteiger charge is -2.06. The molecule has 0 fully saturated rings. The van der Waals surface area contributed by atoms with Crippen LogP contribution in [0.15, 0.2) is 65.7 Å². The first-order valence-electron chi connectivity index (χ1n) is 7.69. The summed E-state index contributed by atoms with van der Waals surface area (Å²) in [6.45, 7) is 2.63. The van der Waals surface area contributed by atoms with Crippen LogP contribution in [-0.4, -0.2) is 16.8 Å². The van der Waals surface area contributed by atoms with Gasteiger partial charge in [-0.25, -0.2) is 0 Å². The quantitative estimate of drug-likeness (QED) is 0.547. The number of ether oxygens (including phenoxy) is 1. The highest BCUT2D eigenvalue weighted by Gasteiger charge is 2.04. The highest BCUT2D eigenvalue weighted by atomic mass is 35.5. The highest BCUT2D eigenvalue weighted by Crippen LogP contribution is 2.26. The fourth-order valence-electron chi connectivity index (χ4n) is 2.21. The van der Waals surface area contributed by atoms with E-state index in [9.17, 15) is 0 Å². The van der Waals surface area contributed by atoms with Crippen molar-refractivity contribution in [3.8, 4) is 17.0 Å². The lowest BCUT2D eigenvalue weighted by molar-refractivity contribution is 0.340. The number of benzene rings is 2. The summed E-state index contributed by atoms with van der Waals surface area (Å²) in [4.78, 5) is 0. The molecule has 0 saturated heterocycles. The van der Waals surface area contributed by atoms with Gasteiger partial charge in [0.2, 0.25) is 0 Å². The fraction of sp³-hybridized carbons (Fsp3) is 0.158. The Morgan fingerprint density at radius 2 is 1.75 bits per heavy atom. The number of halogens is 1. The van der Waals surface area contributed by atoms with E-state index in [0.29, 0.717) is 6.61 Å². The Morgan fingerprint density at radius 3 is 2.42 bits per heavy atom. The Balaban J connectivity index is 1.65. The van der Waals surface area contributed by atoms with E-state index in [2.05, 4.69) is 10.2 Å². The summed E-state index contributed by atoms with van der Waals surface area (Å²) in [5, 5.41) is 10.3. The Morgan fingerprint density at radius 1 is 0.958 bits per heavy atom. The highest BCUT2D eigenvalue weighted by molar-refractivity contribution is 7.98. The van der Waals surface area contributed by atoms with E-state index in [1.807, 2.05) is 67.6 Å². The van der Waals surface area contributed by atoms with E-state index in [1.165, 1.54) is 0 Å². The Kier molecular flexibility index (Phi) is 5.72. The largest absolute Gasteiger partial charge is 0.494 e. The topological polar surface area (TPSA) is 35.0 Å². The number of hydrogen-bond acceptors (Lipinski definition) is 4. The van der Waals surface area contributed by atoms with Gasteiger partial charge in [0.05, 0.1) is 12.3 Å². The molecule has 0 amide bonds. The second-order valence-electron chi connectivity index (χ2n) is 5.09. The molecule has 0 bridgehead atoms. The molecule has 0 aliphatic heterocycles. The monoisotopic (exact) mass is 356 g/mol. The number of rotatable bonds is 6. The van der Waals surface area contributed by atoms with E-state index in [4.69, 9.17) is 16.3 Å². The minimum Gasteiger partial charge on any atom is -0.494 e. The zero-order valence-corrected chi connectivity index (χ0v) is 14.8. The molecule has 3 nitrogen and oxygen atoms in total. The zero-order valence-electron chi connectivity index (χ0n) is 13.3. The zero-order chi connectivity index (χ0) is 16.8. The minimum atomic E-state index is 0.663. The molecule has 1 heterocycles. The molecule has 3 aromatic rings. The van der Waals surface area contributed by atoms with Gasteiger partial charge >= 0.3 is 0 Å². The molecule has 0 atom stereocenters. The van der Waals surface area contributed by atoms with E-state index < -0.39 is 0 Å². The minimum absolute atomic E-state index is 0.663. The van der Waals surface area contributed by atoms with E-state index in [-0.39, 0.29) is 0 Å². The van der Waals surface area contributed by atoms with Gasteiger partial charge in [-0.15, -0.1) is 10.2 Å². The van der Waals surface area contributed by atoms with E-state index in [0.717, 1.165) is 38.4 Å². The third-order valence-corrected chi connectivity index (χ3v) is 4.77. The SMILES string of the molecule is CCOc1ccc(-c2ccc(SCc3ccccc3Cl)nn2)cc1. The van der Waals surface area contributed by atoms with Crippen LogP contribution in [0.2, 0.25) is 5.02 Å². The predicted octanol–water partition coefficient (Wildman–Crippen LogP) is 5.49. The molecule has 0 saturated carbocycles. The smallest absolute Gasteiger partial charge is 0.119 e. The molecule has 5 heteroatoms. The van der Waals surface area contributed by atoms with Crippen molar-refractivity contribution in [3.05, 3.63) is 71.2 Å². The van der Waals surface area contributed by atoms with Crippen molar-refractivity contribution >= 4 is 23.4 Å². The van der Waals surface area contributed by atoms with Crippen LogP contribution in [-0.2, 0) is 5.75 Å². The molecule has 122 valence electrons. The number of aromatic nitrogens is 2. The lowest BCUT2D eigenvalue weighted by Crippen LogP contribution is -1.92. The van der Waals surface area contributed by atoms with Crippen molar-refractivity contribution in [2.45, 2.75) is 17.7 Å². The third kappa shape index (κ3) is 4.28. The molecular weight excluding hydrogens is 340 g/mol. The van der Waals surface area contributed by atoms with Crippen LogP contribution in [0.5, 0.6) is 5.75 Å². The molecular formula is C19H17ClN2OS. The molecule has 0 unspecified atom stereocenters. The van der Waals surface area contributed by atoms with Crippen LogP contribution in [0, 0.1) is 0 Å². The summed E-state index contributed by atoms with van der Waals surface area (Å²) >= 11 is 7.79. The molecule has 0 N–H and O–H groups in total. The van der Waals surface area contributed by atoms with Crippen LogP contribution in [0.3, 0.4) is 0 Å². The predicted molar refractivity (Wildman–Crippen MR) is 99.7 cm³/mol.